The third kappa shape index (κ3) is 4.19. The van der Waals surface area contributed by atoms with Crippen molar-refractivity contribution in [2.45, 2.75) is 25.9 Å². The minimum absolute atomic E-state index is 0.170. The monoisotopic (exact) mass is 440 g/mol. The fraction of sp³-hybridized carbons (Fsp3) is 0.353. The number of anilines is 1. The van der Waals surface area contributed by atoms with Crippen molar-refractivity contribution in [3.63, 3.8) is 0 Å². The summed E-state index contributed by atoms with van der Waals surface area (Å²) in [5, 5.41) is 0.220. The molecule has 138 valence electrons. The fourth-order valence-corrected chi connectivity index (χ4v) is 3.38. The Morgan fingerprint density at radius 2 is 2.04 bits per heavy atom. The van der Waals surface area contributed by atoms with Crippen LogP contribution in [0.15, 0.2) is 22.7 Å². The fourth-order valence-electron chi connectivity index (χ4n) is 2.85. The zero-order valence-electron chi connectivity index (χ0n) is 14.1. The SMILES string of the molecule is Cc1[nH]c(C(=O)OC2CCN(c3cc(C(N)=O)cc(Cl)n3)CC2)cc1Br. The Balaban J connectivity index is 1.61. The van der Waals surface area contributed by atoms with Gasteiger partial charge in [0.1, 0.15) is 22.8 Å². The highest BCUT2D eigenvalue weighted by Gasteiger charge is 2.25. The van der Waals surface area contributed by atoms with Crippen LogP contribution in [0.1, 0.15) is 39.4 Å². The molecule has 3 rings (SSSR count). The molecule has 0 spiro atoms. The number of nitrogens with two attached hydrogens (primary N) is 1. The van der Waals surface area contributed by atoms with Gasteiger partial charge in [-0.25, -0.2) is 9.78 Å². The van der Waals surface area contributed by atoms with E-state index in [-0.39, 0.29) is 17.2 Å². The lowest BCUT2D eigenvalue weighted by Crippen LogP contribution is -2.38. The number of carbonyl (C=O) groups is 2. The molecule has 1 fully saturated rings. The second kappa shape index (κ2) is 7.67. The number of H-pyrrole nitrogens is 1. The molecule has 2 aromatic rings. The number of primary amides is 1. The van der Waals surface area contributed by atoms with Gasteiger partial charge in [-0.3, -0.25) is 4.79 Å². The number of aryl methyl sites for hydroxylation is 1. The summed E-state index contributed by atoms with van der Waals surface area (Å²) < 4.78 is 6.42. The van der Waals surface area contributed by atoms with Crippen molar-refractivity contribution in [1.29, 1.82) is 0 Å². The summed E-state index contributed by atoms with van der Waals surface area (Å²) in [5.74, 6) is -0.319. The molecule has 26 heavy (non-hydrogen) atoms. The average Bonchev–Trinajstić information content (AvgIpc) is 2.94. The first kappa shape index (κ1) is 18.7. The summed E-state index contributed by atoms with van der Waals surface area (Å²) in [6.45, 7) is 3.14. The zero-order chi connectivity index (χ0) is 18.8. The number of ether oxygens (including phenoxy) is 1. The number of carbonyl (C=O) groups excluding carboxylic acids is 2. The highest BCUT2D eigenvalue weighted by atomic mass is 79.9. The number of nitrogens with zero attached hydrogens (tertiary/aromatic N) is 2. The van der Waals surface area contributed by atoms with Crippen LogP contribution < -0.4 is 10.6 Å². The van der Waals surface area contributed by atoms with Crippen LogP contribution in [0, 0.1) is 6.92 Å². The molecule has 0 aromatic carbocycles. The second-order valence-corrected chi connectivity index (χ2v) is 7.39. The maximum Gasteiger partial charge on any atom is 0.355 e. The Morgan fingerprint density at radius 3 is 2.62 bits per heavy atom. The van der Waals surface area contributed by atoms with Crippen molar-refractivity contribution in [1.82, 2.24) is 9.97 Å². The molecule has 1 saturated heterocycles. The molecule has 3 heterocycles. The summed E-state index contributed by atoms with van der Waals surface area (Å²) >= 11 is 9.34. The van der Waals surface area contributed by atoms with Crippen molar-refractivity contribution < 1.29 is 14.3 Å². The van der Waals surface area contributed by atoms with Crippen LogP contribution in [-0.2, 0) is 4.74 Å². The van der Waals surface area contributed by atoms with Gasteiger partial charge in [0.25, 0.3) is 0 Å². The first-order valence-electron chi connectivity index (χ1n) is 8.12. The predicted molar refractivity (Wildman–Crippen MR) is 102 cm³/mol. The van der Waals surface area contributed by atoms with Crippen LogP contribution in [0.5, 0.6) is 0 Å². The number of hydrogen-bond acceptors (Lipinski definition) is 5. The van der Waals surface area contributed by atoms with Gasteiger partial charge in [0.2, 0.25) is 5.91 Å². The van der Waals surface area contributed by atoms with Gasteiger partial charge in [-0.05, 0) is 41.1 Å². The smallest absolute Gasteiger partial charge is 0.355 e. The molecule has 3 N–H and O–H groups in total. The van der Waals surface area contributed by atoms with Gasteiger partial charge in [-0.1, -0.05) is 11.6 Å². The number of rotatable bonds is 4. The summed E-state index contributed by atoms with van der Waals surface area (Å²) in [5.41, 5.74) is 6.95. The van der Waals surface area contributed by atoms with E-state index >= 15 is 0 Å². The van der Waals surface area contributed by atoms with E-state index < -0.39 is 5.91 Å². The second-order valence-electron chi connectivity index (χ2n) is 6.15. The topological polar surface area (TPSA) is 101 Å². The van der Waals surface area contributed by atoms with E-state index in [2.05, 4.69) is 25.9 Å². The Morgan fingerprint density at radius 1 is 1.35 bits per heavy atom. The molecule has 1 aliphatic rings. The number of pyridine rings is 1. The van der Waals surface area contributed by atoms with Crippen molar-refractivity contribution in [2.24, 2.45) is 5.73 Å². The number of hydrogen-bond donors (Lipinski definition) is 2. The van der Waals surface area contributed by atoms with Crippen LogP contribution >= 0.6 is 27.5 Å². The maximum absolute atomic E-state index is 12.2. The summed E-state index contributed by atoms with van der Waals surface area (Å²) in [6.07, 6.45) is 1.15. The normalized spacial score (nSPS) is 15.1. The first-order chi connectivity index (χ1) is 12.3. The maximum atomic E-state index is 12.2. The molecule has 7 nitrogen and oxygen atoms in total. The van der Waals surface area contributed by atoms with E-state index in [0.717, 1.165) is 10.2 Å². The van der Waals surface area contributed by atoms with Crippen molar-refractivity contribution in [3.8, 4) is 0 Å². The third-order valence-electron chi connectivity index (χ3n) is 4.28. The molecule has 1 aliphatic heterocycles. The van der Waals surface area contributed by atoms with Crippen LogP contribution in [0.25, 0.3) is 0 Å². The van der Waals surface area contributed by atoms with Gasteiger partial charge in [-0.2, -0.15) is 0 Å². The summed E-state index contributed by atoms with van der Waals surface area (Å²) in [7, 11) is 0. The lowest BCUT2D eigenvalue weighted by Gasteiger charge is -2.32. The zero-order valence-corrected chi connectivity index (χ0v) is 16.4. The molecule has 0 aliphatic carbocycles. The van der Waals surface area contributed by atoms with Crippen molar-refractivity contribution in [2.75, 3.05) is 18.0 Å². The largest absolute Gasteiger partial charge is 0.458 e. The molecule has 0 bridgehead atoms. The lowest BCUT2D eigenvalue weighted by atomic mass is 10.1. The lowest BCUT2D eigenvalue weighted by molar-refractivity contribution is 0.0238. The molecular weight excluding hydrogens is 424 g/mol. The third-order valence-corrected chi connectivity index (χ3v) is 5.29. The quantitative estimate of drug-likeness (QED) is 0.561. The minimum Gasteiger partial charge on any atom is -0.458 e. The Bertz CT molecular complexity index is 827. The molecule has 0 saturated carbocycles. The number of halogens is 2. The molecule has 0 radical (unpaired) electrons. The number of nitrogens with one attached hydrogen (secondary N) is 1. The highest BCUT2D eigenvalue weighted by molar-refractivity contribution is 9.10. The van der Waals surface area contributed by atoms with Gasteiger partial charge in [-0.15, -0.1) is 0 Å². The van der Waals surface area contributed by atoms with E-state index in [1.165, 1.54) is 6.07 Å². The molecule has 1 amide bonds. The van der Waals surface area contributed by atoms with Crippen molar-refractivity contribution >= 4 is 45.2 Å². The van der Waals surface area contributed by atoms with Crippen molar-refractivity contribution in [3.05, 3.63) is 44.8 Å². The summed E-state index contributed by atoms with van der Waals surface area (Å²) in [4.78, 5) is 32.8. The Labute approximate surface area is 164 Å². The van der Waals surface area contributed by atoms with E-state index in [1.807, 2.05) is 11.8 Å². The molecule has 0 unspecified atom stereocenters. The van der Waals surface area contributed by atoms with E-state index in [4.69, 9.17) is 22.1 Å². The number of amides is 1. The van der Waals surface area contributed by atoms with E-state index in [9.17, 15) is 9.59 Å². The van der Waals surface area contributed by atoms with Crippen LogP contribution in [0.2, 0.25) is 5.15 Å². The first-order valence-corrected chi connectivity index (χ1v) is 9.29. The number of esters is 1. The van der Waals surface area contributed by atoms with E-state index in [0.29, 0.717) is 43.0 Å². The number of aromatic nitrogens is 2. The molecule has 9 heteroatoms. The molecular formula is C17H18BrClN4O3. The molecule has 2 aromatic heterocycles. The van der Waals surface area contributed by atoms with Gasteiger partial charge in [0, 0.05) is 41.7 Å². The highest BCUT2D eigenvalue weighted by Crippen LogP contribution is 2.24. The van der Waals surface area contributed by atoms with Crippen LogP contribution in [0.4, 0.5) is 5.82 Å². The standard InChI is InChI=1S/C17H18BrClN4O3/c1-9-12(18)8-13(21-9)17(25)26-11-2-4-23(5-3-11)15-7-10(16(20)24)6-14(19)22-15/h6-8,11,21H,2-5H2,1H3,(H2,20,24). The van der Waals surface area contributed by atoms with Gasteiger partial charge in [0.05, 0.1) is 0 Å². The Hall–Kier alpha value is -2.06. The average molecular weight is 442 g/mol. The molecule has 0 atom stereocenters. The number of piperidine rings is 1. The summed E-state index contributed by atoms with van der Waals surface area (Å²) in [6, 6.07) is 4.78. The predicted octanol–water partition coefficient (Wildman–Crippen LogP) is 3.06. The number of aromatic amines is 1. The van der Waals surface area contributed by atoms with E-state index in [1.54, 1.807) is 12.1 Å². The van der Waals surface area contributed by atoms with Crippen LogP contribution in [0.3, 0.4) is 0 Å². The van der Waals surface area contributed by atoms with Gasteiger partial charge >= 0.3 is 5.97 Å². The van der Waals surface area contributed by atoms with Gasteiger partial charge in [0.15, 0.2) is 0 Å². The van der Waals surface area contributed by atoms with Crippen LogP contribution in [-0.4, -0.2) is 41.0 Å². The minimum atomic E-state index is -0.549. The van der Waals surface area contributed by atoms with Gasteiger partial charge < -0.3 is 20.4 Å². The Kier molecular flexibility index (Phi) is 5.52.